The molecule has 4 aromatic rings. The number of alkyl halides is 2. The van der Waals surface area contributed by atoms with Crippen LogP contribution in [0.3, 0.4) is 0 Å². The van der Waals surface area contributed by atoms with Crippen molar-refractivity contribution in [2.45, 2.75) is 87.9 Å². The van der Waals surface area contributed by atoms with Crippen molar-refractivity contribution >= 4 is 45.1 Å². The van der Waals surface area contributed by atoms with E-state index in [1.54, 1.807) is 0 Å². The van der Waals surface area contributed by atoms with E-state index in [4.69, 9.17) is 20.9 Å². The van der Waals surface area contributed by atoms with Crippen LogP contribution >= 0.6 is 0 Å². The quantitative estimate of drug-likeness (QED) is 0.184. The number of aromatic carboxylic acids is 2. The van der Waals surface area contributed by atoms with Gasteiger partial charge in [-0.05, 0) is 51.7 Å². The third-order valence-electron chi connectivity index (χ3n) is 14.1. The number of pyridine rings is 2. The molecule has 4 aliphatic carbocycles. The van der Waals surface area contributed by atoms with E-state index in [2.05, 4.69) is 0 Å². The van der Waals surface area contributed by atoms with Gasteiger partial charge in [-0.25, -0.2) is 27.2 Å². The predicted molar refractivity (Wildman–Crippen MR) is 217 cm³/mol. The van der Waals surface area contributed by atoms with E-state index >= 15 is 8.78 Å². The molecule has 0 bridgehead atoms. The lowest BCUT2D eigenvalue weighted by molar-refractivity contribution is 0.0684. The SMILES string of the molecule is COc1c(N2CC3(CC3)[C@](C)(N)C2)c(F)cc2c(=O)c(C(=O)O)cn([C@@H]3C[C@@H]3F)c12.COc1c(N2CC3(CC3)[C@](C)(N)C2)c(F)cc2c(=O)c(C(=O)O)cn([C@@H]3C[C@@H]3F)c12.O. The number of rotatable bonds is 8. The summed E-state index contributed by atoms with van der Waals surface area (Å²) < 4.78 is 72.6. The maximum Gasteiger partial charge on any atom is 0.341 e. The van der Waals surface area contributed by atoms with E-state index in [0.717, 1.165) is 50.2 Å². The Kier molecular flexibility index (Phi) is 9.57. The Labute approximate surface area is 345 Å². The molecule has 328 valence electrons. The lowest BCUT2D eigenvalue weighted by Crippen LogP contribution is -2.45. The standard InChI is InChI=1S/2C21H23F2N3O4.H2O/c2*1-20(24)8-25(9-21(20)3-4-21)16-13(23)5-10-15(18(16)30-2)26(14-6-12(14)22)7-11(17(10)27)19(28)29;/h2*5,7,12,14H,3-4,6,8-9,24H2,1-2H3,(H,28,29);1H2/t2*12-,14+,20+;/m00./s1. The van der Waals surface area contributed by atoms with Crippen molar-refractivity contribution in [3.63, 3.8) is 0 Å². The van der Waals surface area contributed by atoms with E-state index in [9.17, 15) is 38.2 Å². The zero-order valence-corrected chi connectivity index (χ0v) is 34.0. The summed E-state index contributed by atoms with van der Waals surface area (Å²) in [6.07, 6.45) is 4.20. The Morgan fingerprint density at radius 3 is 1.26 bits per heavy atom. The number of hydrogen-bond acceptors (Lipinski definition) is 10. The Morgan fingerprint density at radius 2 is 1.02 bits per heavy atom. The highest BCUT2D eigenvalue weighted by Gasteiger charge is 2.62. The second-order valence-corrected chi connectivity index (χ2v) is 18.2. The molecule has 61 heavy (non-hydrogen) atoms. The average molecular weight is 857 g/mol. The van der Waals surface area contributed by atoms with Crippen LogP contribution in [0.1, 0.15) is 85.2 Å². The first-order valence-corrected chi connectivity index (χ1v) is 19.9. The minimum Gasteiger partial charge on any atom is -0.492 e. The van der Waals surface area contributed by atoms with Crippen molar-refractivity contribution in [3.05, 3.63) is 67.7 Å². The first-order valence-electron chi connectivity index (χ1n) is 19.9. The first kappa shape index (κ1) is 42.3. The first-order chi connectivity index (χ1) is 28.2. The molecule has 2 aliphatic heterocycles. The minimum atomic E-state index is -1.44. The van der Waals surface area contributed by atoms with Crippen LogP contribution in [0.4, 0.5) is 28.9 Å². The molecule has 0 amide bonds. The Morgan fingerprint density at radius 1 is 0.689 bits per heavy atom. The topological polar surface area (TPSA) is 227 Å². The number of nitrogens with two attached hydrogens (primary N) is 2. The van der Waals surface area contributed by atoms with E-state index in [-0.39, 0.29) is 73.8 Å². The zero-order valence-electron chi connectivity index (χ0n) is 34.0. The van der Waals surface area contributed by atoms with Crippen molar-refractivity contribution in [2.24, 2.45) is 22.3 Å². The second kappa shape index (κ2) is 13.8. The molecule has 0 radical (unpaired) electrons. The summed E-state index contributed by atoms with van der Waals surface area (Å²) in [6.45, 7) is 5.87. The molecule has 15 nitrogen and oxygen atoms in total. The fourth-order valence-electron chi connectivity index (χ4n) is 9.98. The van der Waals surface area contributed by atoms with Gasteiger partial charge in [0.15, 0.2) is 23.1 Å². The van der Waals surface area contributed by atoms with Crippen LogP contribution in [-0.4, -0.2) is 101 Å². The summed E-state index contributed by atoms with van der Waals surface area (Å²) in [6, 6.07) is 0.845. The molecular formula is C42H48F4N6O9. The average Bonchev–Trinajstić information content (AvgIpc) is 4.00. The highest BCUT2D eigenvalue weighted by molar-refractivity contribution is 5.98. The number of nitrogens with zero attached hydrogens (tertiary/aromatic N) is 4. The van der Waals surface area contributed by atoms with E-state index in [0.29, 0.717) is 26.2 Å². The van der Waals surface area contributed by atoms with Crippen LogP contribution in [-0.2, 0) is 0 Å². The Bertz CT molecular complexity index is 2480. The molecule has 6 aliphatic rings. The smallest absolute Gasteiger partial charge is 0.341 e. The van der Waals surface area contributed by atoms with Gasteiger partial charge in [0.2, 0.25) is 10.9 Å². The third-order valence-corrected chi connectivity index (χ3v) is 14.1. The number of fused-ring (bicyclic) bond motifs is 2. The van der Waals surface area contributed by atoms with Crippen molar-refractivity contribution in [3.8, 4) is 11.5 Å². The van der Waals surface area contributed by atoms with Gasteiger partial charge in [0, 0.05) is 73.3 Å². The van der Waals surface area contributed by atoms with E-state index < -0.39 is 81.1 Å². The lowest BCUT2D eigenvalue weighted by atomic mass is 9.87. The van der Waals surface area contributed by atoms with Gasteiger partial charge in [-0.15, -0.1) is 0 Å². The maximum atomic E-state index is 15.3. The van der Waals surface area contributed by atoms with Crippen LogP contribution < -0.4 is 41.6 Å². The van der Waals surface area contributed by atoms with Crippen LogP contribution in [0.5, 0.6) is 11.5 Å². The molecule has 0 unspecified atom stereocenters. The van der Waals surface area contributed by atoms with Crippen molar-refractivity contribution in [2.75, 3.05) is 50.2 Å². The summed E-state index contributed by atoms with van der Waals surface area (Å²) in [7, 11) is 2.73. The molecule has 4 saturated carbocycles. The van der Waals surface area contributed by atoms with Gasteiger partial charge in [0.25, 0.3) is 0 Å². The second-order valence-electron chi connectivity index (χ2n) is 18.2. The molecule has 2 aromatic heterocycles. The van der Waals surface area contributed by atoms with Gasteiger partial charge in [-0.2, -0.15) is 0 Å². The van der Waals surface area contributed by atoms with Gasteiger partial charge in [0.05, 0.1) is 48.1 Å². The summed E-state index contributed by atoms with van der Waals surface area (Å²) in [5.41, 5.74) is 9.97. The van der Waals surface area contributed by atoms with Gasteiger partial charge in [0.1, 0.15) is 34.8 Å². The number of ether oxygens (including phenoxy) is 2. The van der Waals surface area contributed by atoms with Gasteiger partial charge in [-0.3, -0.25) is 9.59 Å². The largest absolute Gasteiger partial charge is 0.492 e. The molecular weight excluding hydrogens is 808 g/mol. The van der Waals surface area contributed by atoms with Gasteiger partial charge in [-0.1, -0.05) is 0 Å². The molecule has 2 saturated heterocycles. The third kappa shape index (κ3) is 6.32. The fraction of sp³-hybridized carbons (Fsp3) is 0.524. The number of halogens is 4. The fourth-order valence-corrected chi connectivity index (χ4v) is 9.98. The number of aromatic nitrogens is 2. The molecule has 8 N–H and O–H groups in total. The number of benzene rings is 2. The number of hydrogen-bond donors (Lipinski definition) is 4. The number of carboxylic acids is 2. The Hall–Kier alpha value is -5.40. The Balaban J connectivity index is 0.000000166. The van der Waals surface area contributed by atoms with Crippen molar-refractivity contribution in [1.29, 1.82) is 0 Å². The van der Waals surface area contributed by atoms with Gasteiger partial charge >= 0.3 is 11.9 Å². The lowest BCUT2D eigenvalue weighted by Gasteiger charge is -2.26. The molecule has 6 fully saturated rings. The number of carboxylic acid groups (broad SMARTS) is 2. The van der Waals surface area contributed by atoms with Crippen LogP contribution in [0.15, 0.2) is 34.1 Å². The highest BCUT2D eigenvalue weighted by atomic mass is 19.1. The zero-order chi connectivity index (χ0) is 43.2. The molecule has 2 aromatic carbocycles. The highest BCUT2D eigenvalue weighted by Crippen LogP contribution is 2.60. The van der Waals surface area contributed by atoms with Crippen molar-refractivity contribution in [1.82, 2.24) is 9.13 Å². The van der Waals surface area contributed by atoms with E-state index in [1.165, 1.54) is 23.4 Å². The predicted octanol–water partition coefficient (Wildman–Crippen LogP) is 4.07. The summed E-state index contributed by atoms with van der Waals surface area (Å²) >= 11 is 0. The van der Waals surface area contributed by atoms with E-state index in [1.807, 2.05) is 23.6 Å². The molecule has 4 heterocycles. The summed E-state index contributed by atoms with van der Waals surface area (Å²) in [4.78, 5) is 52.3. The number of carbonyl (C=O) groups is 2. The van der Waals surface area contributed by atoms with Crippen molar-refractivity contribution < 1.29 is 52.3 Å². The molecule has 2 spiro atoms. The van der Waals surface area contributed by atoms with Gasteiger partial charge < -0.3 is 55.6 Å². The number of methoxy groups -OCH3 is 2. The summed E-state index contributed by atoms with van der Waals surface area (Å²) in [5.74, 6) is -4.05. The monoisotopic (exact) mass is 856 g/mol. The maximum absolute atomic E-state index is 15.3. The van der Waals surface area contributed by atoms with Crippen LogP contribution in [0.25, 0.3) is 21.8 Å². The summed E-state index contributed by atoms with van der Waals surface area (Å²) in [5, 5.41) is 18.5. The van der Waals surface area contributed by atoms with Crippen LogP contribution in [0.2, 0.25) is 0 Å². The molecule has 6 atom stereocenters. The molecule has 19 heteroatoms. The normalized spacial score (nSPS) is 28.4. The molecule has 10 rings (SSSR count). The minimum absolute atomic E-state index is 0. The number of anilines is 2. The van der Waals surface area contributed by atoms with Crippen LogP contribution in [0, 0.1) is 22.5 Å².